The lowest BCUT2D eigenvalue weighted by Crippen LogP contribution is -2.07. The van der Waals surface area contributed by atoms with Crippen molar-refractivity contribution in [2.75, 3.05) is 0 Å². The molecule has 0 amide bonds. The molecule has 0 saturated heterocycles. The van der Waals surface area contributed by atoms with Crippen LogP contribution in [0.3, 0.4) is 0 Å². The maximum absolute atomic E-state index is 12.8. The van der Waals surface area contributed by atoms with Crippen molar-refractivity contribution in [2.45, 2.75) is 19.3 Å². The Morgan fingerprint density at radius 2 is 1.81 bits per heavy atom. The fourth-order valence-corrected chi connectivity index (χ4v) is 4.41. The van der Waals surface area contributed by atoms with E-state index in [4.69, 9.17) is 0 Å². The quantitative estimate of drug-likeness (QED) is 0.354. The molecular weight excluding hydrogens is 406 g/mol. The number of aryl methyl sites for hydroxylation is 1. The first-order chi connectivity index (χ1) is 15.2. The number of hydrogen-bond donors (Lipinski definition) is 1. The van der Waals surface area contributed by atoms with E-state index in [-0.39, 0.29) is 18.0 Å². The first-order valence-electron chi connectivity index (χ1n) is 10.1. The summed E-state index contributed by atoms with van der Waals surface area (Å²) in [4.78, 5) is 38.9. The number of pyridine rings is 1. The highest BCUT2D eigenvalue weighted by molar-refractivity contribution is 7.09. The van der Waals surface area contributed by atoms with Crippen LogP contribution in [-0.2, 0) is 12.8 Å². The Hall–Kier alpha value is -3.64. The van der Waals surface area contributed by atoms with E-state index < -0.39 is 0 Å². The van der Waals surface area contributed by atoms with Crippen molar-refractivity contribution in [2.24, 2.45) is 0 Å². The van der Waals surface area contributed by atoms with Crippen LogP contribution in [0.4, 0.5) is 0 Å². The standard InChI is InChI=1S/C25H19N3O2S/c29-22(11-10-18-7-4-12-31-18)19-8-3-9-20-25(19)28-24(27-20)14-23(30)21-13-16-5-1-2-6-17(16)15-26-21/h1-9,12-13,15H,10-11,14H2,(H,27,28). The number of nitrogens with one attached hydrogen (secondary N) is 1. The minimum atomic E-state index is -0.115. The monoisotopic (exact) mass is 425 g/mol. The average molecular weight is 426 g/mol. The summed E-state index contributed by atoms with van der Waals surface area (Å²) in [6, 6.07) is 19.2. The maximum Gasteiger partial charge on any atom is 0.188 e. The van der Waals surface area contributed by atoms with Crippen LogP contribution in [0.2, 0.25) is 0 Å². The van der Waals surface area contributed by atoms with Crippen LogP contribution in [0, 0.1) is 0 Å². The zero-order chi connectivity index (χ0) is 21.2. The number of imidazole rings is 1. The molecular formula is C25H19N3O2S. The number of thiophene rings is 1. The minimum Gasteiger partial charge on any atom is -0.342 e. The molecule has 3 aromatic heterocycles. The second-order valence-corrected chi connectivity index (χ2v) is 8.44. The predicted octanol–water partition coefficient (Wildman–Crippen LogP) is 5.41. The molecule has 0 aliphatic rings. The molecule has 0 spiro atoms. The van der Waals surface area contributed by atoms with Gasteiger partial charge >= 0.3 is 0 Å². The van der Waals surface area contributed by atoms with Crippen molar-refractivity contribution in [3.05, 3.63) is 94.2 Å². The molecule has 31 heavy (non-hydrogen) atoms. The van der Waals surface area contributed by atoms with Gasteiger partial charge in [0, 0.05) is 28.4 Å². The van der Waals surface area contributed by atoms with E-state index >= 15 is 0 Å². The number of nitrogens with zero attached hydrogens (tertiary/aromatic N) is 2. The molecule has 1 N–H and O–H groups in total. The Morgan fingerprint density at radius 3 is 2.65 bits per heavy atom. The third-order valence-corrected chi connectivity index (χ3v) is 6.22. The second-order valence-electron chi connectivity index (χ2n) is 7.40. The van der Waals surface area contributed by atoms with E-state index in [1.807, 2.05) is 53.9 Å². The highest BCUT2D eigenvalue weighted by Crippen LogP contribution is 2.21. The van der Waals surface area contributed by atoms with Crippen molar-refractivity contribution in [3.8, 4) is 0 Å². The largest absolute Gasteiger partial charge is 0.342 e. The maximum atomic E-state index is 12.8. The number of H-pyrrole nitrogens is 1. The molecule has 0 unspecified atom stereocenters. The zero-order valence-electron chi connectivity index (χ0n) is 16.7. The lowest BCUT2D eigenvalue weighted by atomic mass is 10.0. The topological polar surface area (TPSA) is 75.7 Å². The van der Waals surface area contributed by atoms with Gasteiger partial charge in [0.1, 0.15) is 11.5 Å². The van der Waals surface area contributed by atoms with Crippen LogP contribution < -0.4 is 0 Å². The number of carbonyl (C=O) groups excluding carboxylic acids is 2. The fraction of sp³-hybridized carbons (Fsp3) is 0.120. The summed E-state index contributed by atoms with van der Waals surface area (Å²) in [5.74, 6) is 0.475. The minimum absolute atomic E-state index is 0.0552. The number of Topliss-reactive ketones (excluding diaryl/α,β-unsaturated/α-hetero) is 2. The number of para-hydroxylation sites is 1. The summed E-state index contributed by atoms with van der Waals surface area (Å²) in [7, 11) is 0. The highest BCUT2D eigenvalue weighted by Gasteiger charge is 2.17. The number of benzene rings is 2. The average Bonchev–Trinajstić information content (AvgIpc) is 3.46. The van der Waals surface area contributed by atoms with E-state index in [2.05, 4.69) is 15.0 Å². The Kier molecular flexibility index (Phi) is 5.14. The van der Waals surface area contributed by atoms with Crippen molar-refractivity contribution in [1.29, 1.82) is 0 Å². The molecule has 0 aliphatic carbocycles. The van der Waals surface area contributed by atoms with Crippen molar-refractivity contribution >= 4 is 44.7 Å². The van der Waals surface area contributed by atoms with Crippen molar-refractivity contribution in [3.63, 3.8) is 0 Å². The van der Waals surface area contributed by atoms with Gasteiger partial charge in [0.15, 0.2) is 11.6 Å². The smallest absolute Gasteiger partial charge is 0.188 e. The molecule has 152 valence electrons. The summed E-state index contributed by atoms with van der Waals surface area (Å²) >= 11 is 1.66. The van der Waals surface area contributed by atoms with Gasteiger partial charge in [-0.15, -0.1) is 11.3 Å². The van der Waals surface area contributed by atoms with Crippen LogP contribution in [-0.4, -0.2) is 26.5 Å². The molecule has 0 fully saturated rings. The summed E-state index contributed by atoms with van der Waals surface area (Å²) in [5.41, 5.74) is 2.38. The van der Waals surface area contributed by atoms with Crippen LogP contribution in [0.5, 0.6) is 0 Å². The Balaban J connectivity index is 1.37. The third-order valence-electron chi connectivity index (χ3n) is 5.29. The molecule has 5 aromatic rings. The molecule has 2 aromatic carbocycles. The van der Waals surface area contributed by atoms with Gasteiger partial charge in [-0.05, 0) is 41.5 Å². The number of rotatable bonds is 7. The van der Waals surface area contributed by atoms with Crippen molar-refractivity contribution in [1.82, 2.24) is 15.0 Å². The van der Waals surface area contributed by atoms with E-state index in [1.165, 1.54) is 4.88 Å². The molecule has 6 heteroatoms. The number of fused-ring (bicyclic) bond motifs is 2. The summed E-state index contributed by atoms with van der Waals surface area (Å²) in [6.07, 6.45) is 2.96. The van der Waals surface area contributed by atoms with E-state index in [1.54, 1.807) is 29.7 Å². The molecule has 0 saturated carbocycles. The Labute approximate surface area is 182 Å². The molecule has 0 aliphatic heterocycles. The highest BCUT2D eigenvalue weighted by atomic mass is 32.1. The SMILES string of the molecule is O=C(Cc1nc2c(C(=O)CCc3cccs3)cccc2[nH]1)c1cc2ccccc2cn1. The molecule has 0 bridgehead atoms. The van der Waals surface area contributed by atoms with Gasteiger partial charge < -0.3 is 4.98 Å². The lowest BCUT2D eigenvalue weighted by Gasteiger charge is -2.01. The first-order valence-corrected chi connectivity index (χ1v) is 11.0. The van der Waals surface area contributed by atoms with E-state index in [9.17, 15) is 9.59 Å². The normalized spacial score (nSPS) is 11.2. The fourth-order valence-electron chi connectivity index (χ4n) is 3.70. The van der Waals surface area contributed by atoms with Crippen LogP contribution in [0.1, 0.15) is 38.0 Å². The van der Waals surface area contributed by atoms with Gasteiger partial charge in [0.25, 0.3) is 0 Å². The summed E-state index contributed by atoms with van der Waals surface area (Å²) in [6.45, 7) is 0. The van der Waals surface area contributed by atoms with Gasteiger partial charge in [-0.3, -0.25) is 14.6 Å². The van der Waals surface area contributed by atoms with E-state index in [0.717, 1.165) is 22.7 Å². The summed E-state index contributed by atoms with van der Waals surface area (Å²) < 4.78 is 0. The molecule has 3 heterocycles. The number of hydrogen-bond acceptors (Lipinski definition) is 5. The Morgan fingerprint density at radius 1 is 0.935 bits per heavy atom. The van der Waals surface area contributed by atoms with Crippen molar-refractivity contribution < 1.29 is 9.59 Å². The van der Waals surface area contributed by atoms with Gasteiger partial charge in [-0.2, -0.15) is 0 Å². The molecule has 0 atom stereocenters. The van der Waals surface area contributed by atoms with Gasteiger partial charge in [0.05, 0.1) is 17.5 Å². The second kappa shape index (κ2) is 8.24. The number of carbonyl (C=O) groups is 2. The Bertz CT molecular complexity index is 1400. The third kappa shape index (κ3) is 4.02. The first kappa shape index (κ1) is 19.3. The van der Waals surface area contributed by atoms with Crippen LogP contribution >= 0.6 is 11.3 Å². The zero-order valence-corrected chi connectivity index (χ0v) is 17.5. The van der Waals surface area contributed by atoms with Crippen LogP contribution in [0.15, 0.2) is 72.2 Å². The predicted molar refractivity (Wildman–Crippen MR) is 123 cm³/mol. The number of aromatic amines is 1. The summed E-state index contributed by atoms with van der Waals surface area (Å²) in [5, 5.41) is 3.99. The van der Waals surface area contributed by atoms with E-state index in [0.29, 0.717) is 29.0 Å². The molecule has 0 radical (unpaired) electrons. The van der Waals surface area contributed by atoms with Gasteiger partial charge in [0.2, 0.25) is 0 Å². The molecule has 5 rings (SSSR count). The number of ketones is 2. The van der Waals surface area contributed by atoms with Gasteiger partial charge in [-0.1, -0.05) is 36.4 Å². The molecule has 5 nitrogen and oxygen atoms in total. The van der Waals surface area contributed by atoms with Gasteiger partial charge in [-0.25, -0.2) is 4.98 Å². The lowest BCUT2D eigenvalue weighted by molar-refractivity contribution is 0.0978. The van der Waals surface area contributed by atoms with Crippen LogP contribution in [0.25, 0.3) is 21.8 Å². The number of aromatic nitrogens is 3.